The minimum Gasteiger partial charge on any atom is -0.362 e. The van der Waals surface area contributed by atoms with Gasteiger partial charge in [0.15, 0.2) is 0 Å². The summed E-state index contributed by atoms with van der Waals surface area (Å²) in [5.74, 6) is 0.269. The zero-order valence-electron chi connectivity index (χ0n) is 12.9. The number of hydrogen-bond acceptors (Lipinski definition) is 3. The van der Waals surface area contributed by atoms with Crippen LogP contribution in [0.4, 0.5) is 0 Å². The maximum Gasteiger partial charge on any atom is 0.245 e. The third kappa shape index (κ3) is 3.36. The van der Waals surface area contributed by atoms with E-state index >= 15 is 0 Å². The predicted octanol–water partition coefficient (Wildman–Crippen LogP) is 2.94. The van der Waals surface area contributed by atoms with Gasteiger partial charge in [-0.05, 0) is 38.3 Å². The SMILES string of the molecule is C=C1CN(S(=O)(=O)c2ccc(C)cc2)C(OCC)CC1C. The first-order valence-corrected chi connectivity index (χ1v) is 8.68. The van der Waals surface area contributed by atoms with Crippen molar-refractivity contribution in [3.8, 4) is 0 Å². The third-order valence-electron chi connectivity index (χ3n) is 3.92. The first kappa shape index (κ1) is 16.2. The third-order valence-corrected chi connectivity index (χ3v) is 5.77. The quantitative estimate of drug-likeness (QED) is 0.803. The topological polar surface area (TPSA) is 46.6 Å². The molecule has 1 aliphatic heterocycles. The van der Waals surface area contributed by atoms with E-state index in [1.807, 2.05) is 26.0 Å². The molecular weight excluding hydrogens is 286 g/mol. The van der Waals surface area contributed by atoms with Crippen LogP contribution in [0.5, 0.6) is 0 Å². The molecule has 1 heterocycles. The van der Waals surface area contributed by atoms with Crippen LogP contribution in [0.25, 0.3) is 0 Å². The molecule has 0 spiro atoms. The molecule has 0 radical (unpaired) electrons. The van der Waals surface area contributed by atoms with Crippen molar-refractivity contribution in [3.05, 3.63) is 42.0 Å². The Morgan fingerprint density at radius 3 is 2.52 bits per heavy atom. The van der Waals surface area contributed by atoms with Gasteiger partial charge in [0, 0.05) is 13.2 Å². The zero-order chi connectivity index (χ0) is 15.6. The van der Waals surface area contributed by atoms with Crippen molar-refractivity contribution in [2.45, 2.75) is 38.3 Å². The molecule has 4 nitrogen and oxygen atoms in total. The molecule has 1 aromatic rings. The standard InChI is InChI=1S/C16H23NO3S/c1-5-20-16-10-13(3)14(4)11-17(16)21(18,19)15-8-6-12(2)7-9-15/h6-9,13,16H,4-5,10-11H2,1-3H3. The van der Waals surface area contributed by atoms with Crippen molar-refractivity contribution < 1.29 is 13.2 Å². The average molecular weight is 309 g/mol. The Bertz CT molecular complexity index is 607. The molecule has 1 aromatic carbocycles. The van der Waals surface area contributed by atoms with Gasteiger partial charge >= 0.3 is 0 Å². The number of rotatable bonds is 4. The van der Waals surface area contributed by atoms with Gasteiger partial charge in [-0.2, -0.15) is 4.31 Å². The Morgan fingerprint density at radius 1 is 1.33 bits per heavy atom. The van der Waals surface area contributed by atoms with E-state index in [0.717, 1.165) is 11.1 Å². The zero-order valence-corrected chi connectivity index (χ0v) is 13.7. The molecule has 0 aliphatic carbocycles. The lowest BCUT2D eigenvalue weighted by Crippen LogP contribution is -2.47. The fraction of sp³-hybridized carbons (Fsp3) is 0.500. The highest BCUT2D eigenvalue weighted by atomic mass is 32.2. The van der Waals surface area contributed by atoms with Crippen LogP contribution in [0.2, 0.25) is 0 Å². The fourth-order valence-electron chi connectivity index (χ4n) is 2.47. The normalized spacial score (nSPS) is 24.2. The first-order chi connectivity index (χ1) is 9.86. The molecule has 0 bridgehead atoms. The molecule has 2 unspecified atom stereocenters. The van der Waals surface area contributed by atoms with Crippen molar-refractivity contribution >= 4 is 10.0 Å². The van der Waals surface area contributed by atoms with E-state index in [2.05, 4.69) is 13.5 Å². The van der Waals surface area contributed by atoms with E-state index in [4.69, 9.17) is 4.74 Å². The van der Waals surface area contributed by atoms with Crippen LogP contribution < -0.4 is 0 Å². The van der Waals surface area contributed by atoms with E-state index in [1.54, 1.807) is 12.1 Å². The average Bonchev–Trinajstić information content (AvgIpc) is 2.43. The van der Waals surface area contributed by atoms with E-state index in [1.165, 1.54) is 4.31 Å². The maximum atomic E-state index is 12.8. The second kappa shape index (κ2) is 6.30. The molecule has 0 aromatic heterocycles. The highest BCUT2D eigenvalue weighted by molar-refractivity contribution is 7.89. The molecule has 1 aliphatic rings. The monoisotopic (exact) mass is 309 g/mol. The van der Waals surface area contributed by atoms with Crippen molar-refractivity contribution in [1.29, 1.82) is 0 Å². The molecule has 116 valence electrons. The Hall–Kier alpha value is -1.17. The molecule has 0 saturated carbocycles. The van der Waals surface area contributed by atoms with E-state index in [0.29, 0.717) is 24.5 Å². The van der Waals surface area contributed by atoms with Gasteiger partial charge < -0.3 is 4.74 Å². The molecule has 0 amide bonds. The Labute approximate surface area is 127 Å². The molecule has 2 atom stereocenters. The van der Waals surface area contributed by atoms with E-state index < -0.39 is 16.3 Å². The summed E-state index contributed by atoms with van der Waals surface area (Å²) < 4.78 is 32.8. The maximum absolute atomic E-state index is 12.8. The van der Waals surface area contributed by atoms with E-state index in [-0.39, 0.29) is 5.92 Å². The van der Waals surface area contributed by atoms with Crippen molar-refractivity contribution in [3.63, 3.8) is 0 Å². The molecular formula is C16H23NO3S. The number of hydrogen-bond donors (Lipinski definition) is 0. The minimum atomic E-state index is -3.56. The molecule has 5 heteroatoms. The predicted molar refractivity (Wildman–Crippen MR) is 83.4 cm³/mol. The van der Waals surface area contributed by atoms with Gasteiger partial charge in [0.1, 0.15) is 6.23 Å². The van der Waals surface area contributed by atoms with Crippen molar-refractivity contribution in [2.24, 2.45) is 5.92 Å². The smallest absolute Gasteiger partial charge is 0.245 e. The number of aryl methyl sites for hydroxylation is 1. The van der Waals surface area contributed by atoms with Gasteiger partial charge in [-0.15, -0.1) is 0 Å². The number of nitrogens with zero attached hydrogens (tertiary/aromatic N) is 1. The number of sulfonamides is 1. The lowest BCUT2D eigenvalue weighted by atomic mass is 9.94. The van der Waals surface area contributed by atoms with E-state index in [9.17, 15) is 8.42 Å². The Morgan fingerprint density at radius 2 is 1.95 bits per heavy atom. The van der Waals surface area contributed by atoms with Gasteiger partial charge in [0.2, 0.25) is 10.0 Å². The van der Waals surface area contributed by atoms with Crippen LogP contribution in [0, 0.1) is 12.8 Å². The fourth-order valence-corrected chi connectivity index (χ4v) is 4.02. The highest BCUT2D eigenvalue weighted by Gasteiger charge is 2.37. The molecule has 21 heavy (non-hydrogen) atoms. The summed E-state index contributed by atoms with van der Waals surface area (Å²) >= 11 is 0. The van der Waals surface area contributed by atoms with Gasteiger partial charge in [0.05, 0.1) is 4.90 Å². The van der Waals surface area contributed by atoms with Crippen LogP contribution in [-0.4, -0.2) is 32.1 Å². The molecule has 0 N–H and O–H groups in total. The largest absolute Gasteiger partial charge is 0.362 e. The van der Waals surface area contributed by atoms with Gasteiger partial charge in [-0.25, -0.2) is 8.42 Å². The highest BCUT2D eigenvalue weighted by Crippen LogP contribution is 2.31. The Kier molecular flexibility index (Phi) is 4.86. The van der Waals surface area contributed by atoms with Gasteiger partial charge in [0.25, 0.3) is 0 Å². The van der Waals surface area contributed by atoms with Crippen LogP contribution in [0.1, 0.15) is 25.8 Å². The van der Waals surface area contributed by atoms with Crippen LogP contribution in [-0.2, 0) is 14.8 Å². The Balaban J connectivity index is 2.35. The second-order valence-electron chi connectivity index (χ2n) is 5.57. The summed E-state index contributed by atoms with van der Waals surface area (Å²) in [6.45, 7) is 10.7. The summed E-state index contributed by atoms with van der Waals surface area (Å²) in [7, 11) is -3.56. The van der Waals surface area contributed by atoms with Crippen molar-refractivity contribution in [2.75, 3.05) is 13.2 Å². The second-order valence-corrected chi connectivity index (χ2v) is 7.46. The summed E-state index contributed by atoms with van der Waals surface area (Å²) in [4.78, 5) is 0.306. The number of ether oxygens (including phenoxy) is 1. The van der Waals surface area contributed by atoms with Gasteiger partial charge in [-0.1, -0.05) is 36.8 Å². The lowest BCUT2D eigenvalue weighted by Gasteiger charge is -2.38. The molecule has 1 saturated heterocycles. The summed E-state index contributed by atoms with van der Waals surface area (Å²) in [6, 6.07) is 6.91. The molecule has 1 fully saturated rings. The lowest BCUT2D eigenvalue weighted by molar-refractivity contribution is -0.0332. The number of piperidine rings is 1. The van der Waals surface area contributed by atoms with Crippen molar-refractivity contribution in [1.82, 2.24) is 4.31 Å². The summed E-state index contributed by atoms with van der Waals surface area (Å²) in [5.41, 5.74) is 1.97. The first-order valence-electron chi connectivity index (χ1n) is 7.24. The van der Waals surface area contributed by atoms with Crippen LogP contribution in [0.15, 0.2) is 41.3 Å². The van der Waals surface area contributed by atoms with Crippen LogP contribution >= 0.6 is 0 Å². The van der Waals surface area contributed by atoms with Crippen LogP contribution in [0.3, 0.4) is 0 Å². The minimum absolute atomic E-state index is 0.269. The van der Waals surface area contributed by atoms with Gasteiger partial charge in [-0.3, -0.25) is 0 Å². The number of benzene rings is 1. The molecule has 2 rings (SSSR count). The summed E-state index contributed by atoms with van der Waals surface area (Å²) in [6.07, 6.45) is 0.236. The summed E-state index contributed by atoms with van der Waals surface area (Å²) in [5, 5.41) is 0.